The highest BCUT2D eigenvalue weighted by atomic mass is 32.2. The molecule has 1 aliphatic carbocycles. The van der Waals surface area contributed by atoms with Gasteiger partial charge in [0.1, 0.15) is 0 Å². The van der Waals surface area contributed by atoms with Crippen molar-refractivity contribution in [3.8, 4) is 0 Å². The van der Waals surface area contributed by atoms with Gasteiger partial charge in [-0.15, -0.1) is 0 Å². The molecule has 1 aromatic rings. The Morgan fingerprint density at radius 3 is 2.59 bits per heavy atom. The van der Waals surface area contributed by atoms with E-state index in [-0.39, 0.29) is 5.41 Å². The van der Waals surface area contributed by atoms with Gasteiger partial charge in [0.25, 0.3) is 0 Å². The van der Waals surface area contributed by atoms with Crippen LogP contribution in [0.1, 0.15) is 6.42 Å². The fraction of sp³-hybridized carbons (Fsp3) is 0.500. The minimum absolute atomic E-state index is 0.345. The predicted molar refractivity (Wildman–Crippen MR) is 65.4 cm³/mol. The molecule has 1 aromatic carbocycles. The molecule has 0 bridgehead atoms. The highest BCUT2D eigenvalue weighted by Crippen LogP contribution is 2.51. The third-order valence-electron chi connectivity index (χ3n) is 3.40. The van der Waals surface area contributed by atoms with E-state index in [2.05, 4.69) is 0 Å². The summed E-state index contributed by atoms with van der Waals surface area (Å²) in [4.78, 5) is 0.372. The van der Waals surface area contributed by atoms with Gasteiger partial charge in [-0.05, 0) is 18.6 Å². The van der Waals surface area contributed by atoms with E-state index in [1.165, 1.54) is 0 Å². The average Bonchev–Trinajstić information content (AvgIpc) is 3.07. The summed E-state index contributed by atoms with van der Waals surface area (Å²) in [5, 5.41) is -0.401. The Morgan fingerprint density at radius 1 is 1.41 bits per heavy atom. The highest BCUT2D eigenvalue weighted by Gasteiger charge is 2.60. The van der Waals surface area contributed by atoms with Crippen LogP contribution in [-0.4, -0.2) is 33.9 Å². The van der Waals surface area contributed by atoms with Gasteiger partial charge in [-0.1, -0.05) is 18.2 Å². The van der Waals surface area contributed by atoms with Crippen LogP contribution < -0.4 is 5.73 Å². The van der Waals surface area contributed by atoms with E-state index in [0.717, 1.165) is 0 Å². The lowest BCUT2D eigenvalue weighted by atomic mass is 10.1. The first-order valence-electron chi connectivity index (χ1n) is 5.55. The summed E-state index contributed by atoms with van der Waals surface area (Å²) in [5.74, 6) is 0. The van der Waals surface area contributed by atoms with Gasteiger partial charge in [0, 0.05) is 19.1 Å². The molecular formula is C12H17NO3S. The third-order valence-corrected chi connectivity index (χ3v) is 5.74. The van der Waals surface area contributed by atoms with Gasteiger partial charge < -0.3 is 10.5 Å². The lowest BCUT2D eigenvalue weighted by Crippen LogP contribution is -2.28. The maximum Gasteiger partial charge on any atom is 0.181 e. The predicted octanol–water partition coefficient (Wildman–Crippen LogP) is 0.824. The second-order valence-electron chi connectivity index (χ2n) is 4.55. The van der Waals surface area contributed by atoms with E-state index in [9.17, 15) is 8.42 Å². The summed E-state index contributed by atoms with van der Waals surface area (Å²) in [6.07, 6.45) is 0.592. The van der Waals surface area contributed by atoms with Gasteiger partial charge in [0.2, 0.25) is 0 Å². The molecule has 1 aliphatic rings. The Labute approximate surface area is 102 Å². The zero-order chi connectivity index (χ0) is 12.5. The minimum Gasteiger partial charge on any atom is -0.384 e. The maximum atomic E-state index is 12.3. The summed E-state index contributed by atoms with van der Waals surface area (Å²) in [6.45, 7) is 0.748. The summed E-state index contributed by atoms with van der Waals surface area (Å²) in [7, 11) is -1.70. The van der Waals surface area contributed by atoms with Crippen LogP contribution in [-0.2, 0) is 14.6 Å². The molecule has 2 N–H and O–H groups in total. The SMILES string of the molecule is COC[C@]1(CN)C[C@H]1S(=O)(=O)c1ccccc1. The molecule has 1 fully saturated rings. The van der Waals surface area contributed by atoms with Crippen molar-refractivity contribution in [3.05, 3.63) is 30.3 Å². The number of sulfone groups is 1. The van der Waals surface area contributed by atoms with Gasteiger partial charge in [0.05, 0.1) is 16.8 Å². The second-order valence-corrected chi connectivity index (χ2v) is 6.68. The van der Waals surface area contributed by atoms with Crippen molar-refractivity contribution in [1.82, 2.24) is 0 Å². The summed E-state index contributed by atoms with van der Waals surface area (Å²) < 4.78 is 29.7. The number of hydrogen-bond donors (Lipinski definition) is 1. The Morgan fingerprint density at radius 2 is 2.06 bits per heavy atom. The van der Waals surface area contributed by atoms with E-state index in [1.807, 2.05) is 0 Å². The van der Waals surface area contributed by atoms with Crippen molar-refractivity contribution in [3.63, 3.8) is 0 Å². The number of benzene rings is 1. The van der Waals surface area contributed by atoms with Gasteiger partial charge in [-0.2, -0.15) is 0 Å². The van der Waals surface area contributed by atoms with E-state index in [1.54, 1.807) is 37.4 Å². The monoisotopic (exact) mass is 255 g/mol. The van der Waals surface area contributed by atoms with Crippen molar-refractivity contribution in [2.75, 3.05) is 20.3 Å². The molecule has 0 heterocycles. The van der Waals surface area contributed by atoms with Gasteiger partial charge in [-0.25, -0.2) is 8.42 Å². The maximum absolute atomic E-state index is 12.3. The Kier molecular flexibility index (Phi) is 3.25. The smallest absolute Gasteiger partial charge is 0.181 e. The van der Waals surface area contributed by atoms with Crippen LogP contribution in [0.2, 0.25) is 0 Å². The molecule has 5 heteroatoms. The largest absolute Gasteiger partial charge is 0.384 e. The van der Waals surface area contributed by atoms with Crippen molar-refractivity contribution in [1.29, 1.82) is 0 Å². The van der Waals surface area contributed by atoms with E-state index < -0.39 is 15.1 Å². The fourth-order valence-electron chi connectivity index (χ4n) is 2.24. The first-order valence-corrected chi connectivity index (χ1v) is 7.09. The fourth-order valence-corrected chi connectivity index (χ4v) is 4.48. The first kappa shape index (κ1) is 12.5. The molecule has 2 atom stereocenters. The summed E-state index contributed by atoms with van der Waals surface area (Å²) in [6, 6.07) is 8.52. The van der Waals surface area contributed by atoms with Crippen LogP contribution in [0.4, 0.5) is 0 Å². The molecule has 17 heavy (non-hydrogen) atoms. The van der Waals surface area contributed by atoms with Gasteiger partial charge in [-0.3, -0.25) is 0 Å². The number of hydrogen-bond acceptors (Lipinski definition) is 4. The molecule has 0 aromatic heterocycles. The zero-order valence-corrected chi connectivity index (χ0v) is 10.6. The number of methoxy groups -OCH3 is 1. The average molecular weight is 255 g/mol. The third kappa shape index (κ3) is 2.10. The van der Waals surface area contributed by atoms with E-state index in [0.29, 0.717) is 24.5 Å². The number of ether oxygens (including phenoxy) is 1. The molecule has 0 unspecified atom stereocenters. The standard InChI is InChI=1S/C12H17NO3S/c1-16-9-12(8-13)7-11(12)17(14,15)10-5-3-2-4-6-10/h2-6,11H,7-9,13H2,1H3/t11-,12-/m1/s1. The molecule has 0 aliphatic heterocycles. The Bertz CT molecular complexity index is 486. The van der Waals surface area contributed by atoms with Crippen molar-refractivity contribution < 1.29 is 13.2 Å². The van der Waals surface area contributed by atoms with Crippen molar-refractivity contribution >= 4 is 9.84 Å². The number of rotatable bonds is 5. The molecule has 1 saturated carbocycles. The molecule has 94 valence electrons. The minimum atomic E-state index is -3.27. The van der Waals surface area contributed by atoms with Crippen LogP contribution >= 0.6 is 0 Å². The van der Waals surface area contributed by atoms with Crippen molar-refractivity contribution in [2.24, 2.45) is 11.1 Å². The second kappa shape index (κ2) is 4.40. The quantitative estimate of drug-likeness (QED) is 0.846. The molecule has 0 radical (unpaired) electrons. The Balaban J connectivity index is 2.26. The van der Waals surface area contributed by atoms with E-state index >= 15 is 0 Å². The normalized spacial score (nSPS) is 28.0. The molecule has 2 rings (SSSR count). The molecule has 0 spiro atoms. The summed E-state index contributed by atoms with van der Waals surface area (Å²) >= 11 is 0. The zero-order valence-electron chi connectivity index (χ0n) is 9.80. The van der Waals surface area contributed by atoms with Crippen LogP contribution in [0.25, 0.3) is 0 Å². The summed E-state index contributed by atoms with van der Waals surface area (Å²) in [5.41, 5.74) is 5.29. The van der Waals surface area contributed by atoms with Gasteiger partial charge in [0.15, 0.2) is 9.84 Å². The van der Waals surface area contributed by atoms with Crippen LogP contribution in [0, 0.1) is 5.41 Å². The van der Waals surface area contributed by atoms with Crippen LogP contribution in [0.15, 0.2) is 35.2 Å². The first-order chi connectivity index (χ1) is 8.07. The topological polar surface area (TPSA) is 69.4 Å². The lowest BCUT2D eigenvalue weighted by Gasteiger charge is -2.13. The van der Waals surface area contributed by atoms with Crippen LogP contribution in [0.5, 0.6) is 0 Å². The van der Waals surface area contributed by atoms with E-state index in [4.69, 9.17) is 10.5 Å². The molecular weight excluding hydrogens is 238 g/mol. The van der Waals surface area contributed by atoms with Crippen LogP contribution in [0.3, 0.4) is 0 Å². The molecule has 4 nitrogen and oxygen atoms in total. The number of nitrogens with two attached hydrogens (primary N) is 1. The molecule has 0 amide bonds. The van der Waals surface area contributed by atoms with Gasteiger partial charge >= 0.3 is 0 Å². The molecule has 0 saturated heterocycles. The highest BCUT2D eigenvalue weighted by molar-refractivity contribution is 7.92. The lowest BCUT2D eigenvalue weighted by molar-refractivity contribution is 0.145. The van der Waals surface area contributed by atoms with Crippen molar-refractivity contribution in [2.45, 2.75) is 16.6 Å². The Hall–Kier alpha value is -0.910.